The highest BCUT2D eigenvalue weighted by Crippen LogP contribution is 2.52. The minimum Gasteiger partial charge on any atom is -0.487 e. The molecule has 0 saturated heterocycles. The zero-order valence-corrected chi connectivity index (χ0v) is 17.4. The third-order valence-electron chi connectivity index (χ3n) is 4.12. The first-order chi connectivity index (χ1) is 11.2. The van der Waals surface area contributed by atoms with E-state index in [0.29, 0.717) is 4.47 Å². The maximum Gasteiger partial charge on any atom is 0.293 e. The van der Waals surface area contributed by atoms with Gasteiger partial charge in [-0.05, 0) is 52.8 Å². The van der Waals surface area contributed by atoms with E-state index in [4.69, 9.17) is 4.74 Å². The third-order valence-corrected chi connectivity index (χ3v) is 6.26. The molecule has 8 heteroatoms. The van der Waals surface area contributed by atoms with E-state index in [2.05, 4.69) is 20.7 Å². The fourth-order valence-electron chi connectivity index (χ4n) is 2.93. The van der Waals surface area contributed by atoms with Crippen molar-refractivity contribution in [3.63, 3.8) is 0 Å². The lowest BCUT2D eigenvalue weighted by Crippen LogP contribution is -2.64. The van der Waals surface area contributed by atoms with Crippen LogP contribution in [0.3, 0.4) is 0 Å². The van der Waals surface area contributed by atoms with Crippen molar-refractivity contribution in [3.05, 3.63) is 28.2 Å². The predicted molar refractivity (Wildman–Crippen MR) is 98.2 cm³/mol. The first-order valence-corrected chi connectivity index (χ1v) is 9.86. The second-order valence-corrected chi connectivity index (χ2v) is 10.8. The summed E-state index contributed by atoms with van der Waals surface area (Å²) in [6.45, 7) is 7.13. The fraction of sp³-hybridized carbons (Fsp3) is 0.647. The Balaban J connectivity index is 2.74. The van der Waals surface area contributed by atoms with E-state index >= 15 is 8.78 Å². The van der Waals surface area contributed by atoms with Crippen molar-refractivity contribution in [2.75, 3.05) is 6.61 Å². The summed E-state index contributed by atoms with van der Waals surface area (Å²) in [5.41, 5.74) is -2.78. The van der Waals surface area contributed by atoms with Gasteiger partial charge in [-0.15, -0.1) is 0 Å². The van der Waals surface area contributed by atoms with Crippen LogP contribution in [0.4, 0.5) is 8.78 Å². The first kappa shape index (κ1) is 20.7. The number of benzene rings is 1. The van der Waals surface area contributed by atoms with Gasteiger partial charge >= 0.3 is 0 Å². The molecule has 0 bridgehead atoms. The SMILES string of the molecule is CC1(C)C[C@](N[S@](=O)C(C)(C)C)(C(F)(F)CO)c2cc(Br)ccc2O1. The van der Waals surface area contributed by atoms with E-state index < -0.39 is 39.4 Å². The predicted octanol–water partition coefficient (Wildman–Crippen LogP) is 3.88. The van der Waals surface area contributed by atoms with Gasteiger partial charge in [0.05, 0.1) is 15.7 Å². The van der Waals surface area contributed by atoms with Crippen LogP contribution in [0, 0.1) is 0 Å². The summed E-state index contributed by atoms with van der Waals surface area (Å²) in [6.07, 6.45) is -0.154. The summed E-state index contributed by atoms with van der Waals surface area (Å²) >= 11 is 3.30. The van der Waals surface area contributed by atoms with Crippen molar-refractivity contribution >= 4 is 26.9 Å². The van der Waals surface area contributed by atoms with Gasteiger partial charge in [0, 0.05) is 16.5 Å². The minimum atomic E-state index is -3.55. The summed E-state index contributed by atoms with van der Waals surface area (Å²) in [5, 5.41) is 9.45. The first-order valence-electron chi connectivity index (χ1n) is 7.92. The molecular formula is C17H24BrF2NO3S. The molecule has 1 aliphatic heterocycles. The average Bonchev–Trinajstić information content (AvgIpc) is 2.46. The van der Waals surface area contributed by atoms with Gasteiger partial charge in [-0.2, -0.15) is 0 Å². The molecule has 25 heavy (non-hydrogen) atoms. The zero-order valence-electron chi connectivity index (χ0n) is 15.0. The molecule has 0 amide bonds. The van der Waals surface area contributed by atoms with Crippen molar-refractivity contribution in [2.45, 2.75) is 62.8 Å². The van der Waals surface area contributed by atoms with Gasteiger partial charge < -0.3 is 9.84 Å². The number of aliphatic hydroxyl groups is 1. The van der Waals surface area contributed by atoms with Crippen molar-refractivity contribution in [2.24, 2.45) is 0 Å². The fourth-order valence-corrected chi connectivity index (χ4v) is 4.25. The number of rotatable bonds is 4. The number of halogens is 3. The summed E-state index contributed by atoms with van der Waals surface area (Å²) in [6, 6.07) is 4.83. The van der Waals surface area contributed by atoms with Crippen LogP contribution in [0.5, 0.6) is 5.75 Å². The number of ether oxygens (including phenoxy) is 1. The molecule has 1 heterocycles. The minimum absolute atomic E-state index is 0.154. The quantitative estimate of drug-likeness (QED) is 0.747. The topological polar surface area (TPSA) is 58.6 Å². The maximum atomic E-state index is 15.1. The van der Waals surface area contributed by atoms with Gasteiger partial charge in [-0.25, -0.2) is 17.7 Å². The van der Waals surface area contributed by atoms with Crippen molar-refractivity contribution in [3.8, 4) is 5.75 Å². The van der Waals surface area contributed by atoms with Crippen LogP contribution >= 0.6 is 15.9 Å². The maximum absolute atomic E-state index is 15.1. The largest absolute Gasteiger partial charge is 0.487 e. The summed E-state index contributed by atoms with van der Waals surface area (Å²) in [5.74, 6) is -3.27. The molecule has 0 radical (unpaired) electrons. The lowest BCUT2D eigenvalue weighted by Gasteiger charge is -2.49. The molecule has 0 fully saturated rings. The molecule has 2 atom stereocenters. The molecule has 1 aromatic rings. The number of hydrogen-bond acceptors (Lipinski definition) is 3. The van der Waals surface area contributed by atoms with E-state index in [1.807, 2.05) is 0 Å². The van der Waals surface area contributed by atoms with Crippen LogP contribution < -0.4 is 9.46 Å². The Bertz CT molecular complexity index is 691. The van der Waals surface area contributed by atoms with Crippen LogP contribution in [0.2, 0.25) is 0 Å². The Kier molecular flexibility index (Phi) is 5.43. The summed E-state index contributed by atoms with van der Waals surface area (Å²) < 4.78 is 51.3. The van der Waals surface area contributed by atoms with Gasteiger partial charge in [-0.3, -0.25) is 0 Å². The van der Waals surface area contributed by atoms with Crippen LogP contribution in [-0.2, 0) is 16.5 Å². The molecule has 0 saturated carbocycles. The summed E-state index contributed by atoms with van der Waals surface area (Å²) in [7, 11) is -1.78. The summed E-state index contributed by atoms with van der Waals surface area (Å²) in [4.78, 5) is 0. The van der Waals surface area contributed by atoms with Crippen LogP contribution in [0.25, 0.3) is 0 Å². The molecule has 0 aromatic heterocycles. The normalized spacial score (nSPS) is 24.4. The number of hydrogen-bond donors (Lipinski definition) is 2. The monoisotopic (exact) mass is 439 g/mol. The average molecular weight is 440 g/mol. The van der Waals surface area contributed by atoms with E-state index in [1.165, 1.54) is 6.07 Å². The van der Waals surface area contributed by atoms with Gasteiger partial charge in [0.2, 0.25) is 0 Å². The smallest absolute Gasteiger partial charge is 0.293 e. The Morgan fingerprint density at radius 3 is 2.48 bits per heavy atom. The molecule has 0 spiro atoms. The molecular weight excluding hydrogens is 416 g/mol. The highest BCUT2D eigenvalue weighted by atomic mass is 79.9. The van der Waals surface area contributed by atoms with Crippen molar-refractivity contribution < 1.29 is 22.8 Å². The standard InChI is InChI=1S/C17H24BrF2NO3S/c1-14(2,3)25(23)21-16(17(19,20)10-22)9-15(4,5)24-13-7-6-11(18)8-12(13)16/h6-8,21-22H,9-10H2,1-5H3/t16-,25-/m1/s1. The molecule has 2 rings (SSSR count). The second-order valence-electron chi connectivity index (χ2n) is 7.93. The lowest BCUT2D eigenvalue weighted by atomic mass is 9.74. The van der Waals surface area contributed by atoms with Crippen LogP contribution in [0.15, 0.2) is 22.7 Å². The van der Waals surface area contributed by atoms with Crippen molar-refractivity contribution in [1.29, 1.82) is 0 Å². The number of fused-ring (bicyclic) bond motifs is 1. The Labute approximate surface area is 158 Å². The molecule has 4 nitrogen and oxygen atoms in total. The van der Waals surface area contributed by atoms with Gasteiger partial charge in [-0.1, -0.05) is 15.9 Å². The molecule has 1 aliphatic rings. The zero-order chi connectivity index (χ0) is 19.3. The van der Waals surface area contributed by atoms with E-state index in [-0.39, 0.29) is 17.7 Å². The van der Waals surface area contributed by atoms with Crippen LogP contribution in [0.1, 0.15) is 46.6 Å². The highest BCUT2D eigenvalue weighted by molar-refractivity contribution is 9.10. The second kappa shape index (κ2) is 6.55. The van der Waals surface area contributed by atoms with Crippen molar-refractivity contribution in [1.82, 2.24) is 4.72 Å². The molecule has 2 N–H and O–H groups in total. The van der Waals surface area contributed by atoms with Crippen LogP contribution in [-0.4, -0.2) is 32.2 Å². The van der Waals surface area contributed by atoms with Gasteiger partial charge in [0.15, 0.2) is 0 Å². The Morgan fingerprint density at radius 1 is 1.36 bits per heavy atom. The molecule has 142 valence electrons. The highest BCUT2D eigenvalue weighted by Gasteiger charge is 2.61. The Morgan fingerprint density at radius 2 is 1.96 bits per heavy atom. The van der Waals surface area contributed by atoms with E-state index in [9.17, 15) is 9.32 Å². The Hall–Kier alpha value is -0.570. The number of nitrogens with one attached hydrogen (secondary N) is 1. The van der Waals surface area contributed by atoms with Gasteiger partial charge in [0.1, 0.15) is 23.5 Å². The van der Waals surface area contributed by atoms with Gasteiger partial charge in [0.25, 0.3) is 5.92 Å². The third kappa shape index (κ3) is 3.91. The van der Waals surface area contributed by atoms with E-state index in [1.54, 1.807) is 46.8 Å². The molecule has 0 unspecified atom stereocenters. The lowest BCUT2D eigenvalue weighted by molar-refractivity contribution is -0.146. The number of aliphatic hydroxyl groups excluding tert-OH is 1. The molecule has 0 aliphatic carbocycles. The van der Waals surface area contributed by atoms with E-state index in [0.717, 1.165) is 0 Å². The number of alkyl halides is 2. The molecule has 1 aromatic carbocycles.